The van der Waals surface area contributed by atoms with E-state index in [0.29, 0.717) is 17.7 Å². The number of carboxylic acids is 1. The van der Waals surface area contributed by atoms with Crippen LogP contribution in [-0.4, -0.2) is 24.1 Å². The minimum atomic E-state index is -0.989. The number of amides is 1. The second-order valence-electron chi connectivity index (χ2n) is 6.55. The van der Waals surface area contributed by atoms with Gasteiger partial charge in [0.25, 0.3) is 0 Å². The second-order valence-corrected chi connectivity index (χ2v) is 7.92. The van der Waals surface area contributed by atoms with Gasteiger partial charge in [0.05, 0.1) is 19.1 Å². The highest BCUT2D eigenvalue weighted by molar-refractivity contribution is 7.11. The highest BCUT2D eigenvalue weighted by Gasteiger charge is 2.31. The monoisotopic (exact) mass is 375 g/mol. The molecule has 1 amide bonds. The van der Waals surface area contributed by atoms with Gasteiger partial charge in [-0.05, 0) is 56.5 Å². The number of carbonyl (C=O) groups is 2. The number of carbonyl (C=O) groups excluding carboxylic acids is 1. The predicted molar refractivity (Wildman–Crippen MR) is 103 cm³/mol. The largest absolute Gasteiger partial charge is 0.497 e. The Kier molecular flexibility index (Phi) is 6.80. The van der Waals surface area contributed by atoms with Gasteiger partial charge in [0.2, 0.25) is 5.91 Å². The zero-order valence-electron chi connectivity index (χ0n) is 15.4. The second kappa shape index (κ2) is 8.85. The van der Waals surface area contributed by atoms with Gasteiger partial charge in [-0.15, -0.1) is 11.3 Å². The first kappa shape index (κ1) is 20.0. The summed E-state index contributed by atoms with van der Waals surface area (Å²) < 4.78 is 5.22. The van der Waals surface area contributed by atoms with Gasteiger partial charge in [0.1, 0.15) is 5.75 Å². The Morgan fingerprint density at radius 1 is 1.27 bits per heavy atom. The van der Waals surface area contributed by atoms with E-state index >= 15 is 0 Å². The molecule has 0 aliphatic carbocycles. The van der Waals surface area contributed by atoms with Crippen molar-refractivity contribution in [3.05, 3.63) is 51.7 Å². The van der Waals surface area contributed by atoms with Crippen LogP contribution in [0.25, 0.3) is 0 Å². The lowest BCUT2D eigenvalue weighted by Gasteiger charge is -2.30. The van der Waals surface area contributed by atoms with Crippen LogP contribution in [0, 0.1) is 6.92 Å². The Morgan fingerprint density at radius 3 is 2.65 bits per heavy atom. The standard InChI is InChI=1S/C20H25NO4S/c1-14-10-11-17(26-14)8-5-9-18(22)21-20(2,13-19(23)24)15-6-4-7-16(12-15)25-3/h4,6-7,10-12H,5,8-9,13H2,1-3H3,(H,21,22)(H,23,24). The maximum Gasteiger partial charge on any atom is 0.306 e. The van der Waals surface area contributed by atoms with Crippen LogP contribution in [-0.2, 0) is 21.5 Å². The number of hydrogen-bond donors (Lipinski definition) is 2. The van der Waals surface area contributed by atoms with Crippen LogP contribution >= 0.6 is 11.3 Å². The fourth-order valence-electron chi connectivity index (χ4n) is 2.90. The zero-order valence-corrected chi connectivity index (χ0v) is 16.2. The van der Waals surface area contributed by atoms with E-state index in [1.165, 1.54) is 9.75 Å². The molecule has 0 spiro atoms. The van der Waals surface area contributed by atoms with Crippen LogP contribution in [0.1, 0.15) is 41.5 Å². The summed E-state index contributed by atoms with van der Waals surface area (Å²) in [6.07, 6.45) is 1.74. The molecule has 0 saturated heterocycles. The van der Waals surface area contributed by atoms with Gasteiger partial charge in [-0.3, -0.25) is 9.59 Å². The highest BCUT2D eigenvalue weighted by Crippen LogP contribution is 2.28. The Hall–Kier alpha value is -2.34. The SMILES string of the molecule is COc1cccc(C(C)(CC(=O)O)NC(=O)CCCc2ccc(C)s2)c1. The number of thiophene rings is 1. The van der Waals surface area contributed by atoms with Gasteiger partial charge >= 0.3 is 5.97 Å². The van der Waals surface area contributed by atoms with E-state index < -0.39 is 11.5 Å². The lowest BCUT2D eigenvalue weighted by atomic mass is 9.88. The molecule has 2 aromatic rings. The summed E-state index contributed by atoms with van der Waals surface area (Å²) in [4.78, 5) is 26.3. The first-order chi connectivity index (χ1) is 12.3. The fourth-order valence-corrected chi connectivity index (χ4v) is 3.83. The fraction of sp³-hybridized carbons (Fsp3) is 0.400. The molecular weight excluding hydrogens is 350 g/mol. The van der Waals surface area contributed by atoms with Crippen LogP contribution in [0.15, 0.2) is 36.4 Å². The smallest absolute Gasteiger partial charge is 0.306 e. The molecule has 26 heavy (non-hydrogen) atoms. The Labute approximate surface area is 158 Å². The van der Waals surface area contributed by atoms with Crippen molar-refractivity contribution in [3.8, 4) is 5.75 Å². The van der Waals surface area contributed by atoms with Crippen molar-refractivity contribution >= 4 is 23.2 Å². The normalized spacial score (nSPS) is 13.0. The predicted octanol–water partition coefficient (Wildman–Crippen LogP) is 3.89. The van der Waals surface area contributed by atoms with E-state index in [1.807, 2.05) is 0 Å². The average Bonchev–Trinajstić information content (AvgIpc) is 2.99. The van der Waals surface area contributed by atoms with E-state index in [9.17, 15) is 14.7 Å². The van der Waals surface area contributed by atoms with Crippen LogP contribution in [0.5, 0.6) is 5.75 Å². The molecule has 1 aromatic heterocycles. The summed E-state index contributed by atoms with van der Waals surface area (Å²) in [5.41, 5.74) is -0.279. The molecule has 1 heterocycles. The molecule has 0 fully saturated rings. The summed E-state index contributed by atoms with van der Waals surface area (Å²) in [6, 6.07) is 11.3. The number of aryl methyl sites for hydroxylation is 2. The molecule has 0 bridgehead atoms. The first-order valence-electron chi connectivity index (χ1n) is 8.55. The number of aliphatic carboxylic acids is 1. The maximum atomic E-state index is 12.4. The molecule has 140 valence electrons. The van der Waals surface area contributed by atoms with Crippen molar-refractivity contribution in [2.45, 2.75) is 45.1 Å². The summed E-state index contributed by atoms with van der Waals surface area (Å²) in [6.45, 7) is 3.79. The number of methoxy groups -OCH3 is 1. The third-order valence-electron chi connectivity index (χ3n) is 4.25. The minimum absolute atomic E-state index is 0.148. The number of ether oxygens (including phenoxy) is 1. The Bertz CT molecular complexity index is 771. The average molecular weight is 375 g/mol. The van der Waals surface area contributed by atoms with Crippen LogP contribution in [0.4, 0.5) is 0 Å². The summed E-state index contributed by atoms with van der Waals surface area (Å²) in [5.74, 6) is -0.490. The molecule has 1 unspecified atom stereocenters. The maximum absolute atomic E-state index is 12.4. The van der Waals surface area contributed by atoms with Crippen molar-refractivity contribution in [1.82, 2.24) is 5.32 Å². The molecule has 0 aliphatic rings. The number of benzene rings is 1. The topological polar surface area (TPSA) is 75.6 Å². The van der Waals surface area contributed by atoms with E-state index in [0.717, 1.165) is 12.8 Å². The number of carboxylic acid groups (broad SMARTS) is 1. The van der Waals surface area contributed by atoms with E-state index in [4.69, 9.17) is 4.74 Å². The lowest BCUT2D eigenvalue weighted by molar-refractivity contribution is -0.139. The van der Waals surface area contributed by atoms with Gasteiger partial charge in [0, 0.05) is 16.2 Å². The summed E-state index contributed by atoms with van der Waals surface area (Å²) in [7, 11) is 1.55. The van der Waals surface area contributed by atoms with Gasteiger partial charge in [0.15, 0.2) is 0 Å². The molecule has 2 N–H and O–H groups in total. The third-order valence-corrected chi connectivity index (χ3v) is 5.31. The van der Waals surface area contributed by atoms with Crippen molar-refractivity contribution in [1.29, 1.82) is 0 Å². The van der Waals surface area contributed by atoms with Crippen molar-refractivity contribution < 1.29 is 19.4 Å². The summed E-state index contributed by atoms with van der Waals surface area (Å²) in [5, 5.41) is 12.2. The van der Waals surface area contributed by atoms with Crippen LogP contribution in [0.2, 0.25) is 0 Å². The molecule has 0 aliphatic heterocycles. The molecule has 1 aromatic carbocycles. The molecule has 0 radical (unpaired) electrons. The molecular formula is C20H25NO4S. The molecule has 0 saturated carbocycles. The number of hydrogen-bond acceptors (Lipinski definition) is 4. The number of nitrogens with one attached hydrogen (secondary N) is 1. The van der Waals surface area contributed by atoms with Gasteiger partial charge in [-0.1, -0.05) is 12.1 Å². The first-order valence-corrected chi connectivity index (χ1v) is 9.37. The van der Waals surface area contributed by atoms with E-state index in [1.54, 1.807) is 49.6 Å². The molecule has 2 rings (SSSR count). The van der Waals surface area contributed by atoms with Gasteiger partial charge < -0.3 is 15.2 Å². The Morgan fingerprint density at radius 2 is 2.04 bits per heavy atom. The minimum Gasteiger partial charge on any atom is -0.497 e. The van der Waals surface area contributed by atoms with Crippen molar-refractivity contribution in [2.75, 3.05) is 7.11 Å². The van der Waals surface area contributed by atoms with Gasteiger partial charge in [-0.2, -0.15) is 0 Å². The van der Waals surface area contributed by atoms with Crippen molar-refractivity contribution in [2.24, 2.45) is 0 Å². The number of rotatable bonds is 9. The molecule has 1 atom stereocenters. The lowest BCUT2D eigenvalue weighted by Crippen LogP contribution is -2.45. The quantitative estimate of drug-likeness (QED) is 0.697. The van der Waals surface area contributed by atoms with E-state index in [2.05, 4.69) is 24.4 Å². The Balaban J connectivity index is 2.03. The van der Waals surface area contributed by atoms with Crippen molar-refractivity contribution in [3.63, 3.8) is 0 Å². The van der Waals surface area contributed by atoms with E-state index in [-0.39, 0.29) is 12.3 Å². The zero-order chi connectivity index (χ0) is 19.2. The highest BCUT2D eigenvalue weighted by atomic mass is 32.1. The van der Waals surface area contributed by atoms with Crippen LogP contribution < -0.4 is 10.1 Å². The summed E-state index contributed by atoms with van der Waals surface area (Å²) >= 11 is 1.74. The van der Waals surface area contributed by atoms with Crippen LogP contribution in [0.3, 0.4) is 0 Å². The molecule has 5 nitrogen and oxygen atoms in total. The third kappa shape index (κ3) is 5.59. The molecule has 6 heteroatoms. The van der Waals surface area contributed by atoms with Gasteiger partial charge in [-0.25, -0.2) is 0 Å².